The van der Waals surface area contributed by atoms with Crippen LogP contribution < -0.4 is 10.2 Å². The van der Waals surface area contributed by atoms with Gasteiger partial charge in [-0.1, -0.05) is 6.07 Å². The molecule has 0 spiro atoms. The lowest BCUT2D eigenvalue weighted by molar-refractivity contribution is -0.121. The average molecular weight is 346 g/mol. The van der Waals surface area contributed by atoms with Crippen LogP contribution in [0.25, 0.3) is 0 Å². The number of amides is 1. The van der Waals surface area contributed by atoms with Crippen LogP contribution in [-0.2, 0) is 24.1 Å². The maximum atomic E-state index is 13.6. The highest BCUT2D eigenvalue weighted by molar-refractivity contribution is 5.79. The molecule has 1 heterocycles. The fourth-order valence-electron chi connectivity index (χ4n) is 2.95. The van der Waals surface area contributed by atoms with E-state index in [1.807, 2.05) is 19.0 Å². The summed E-state index contributed by atoms with van der Waals surface area (Å²) in [6.07, 6.45) is 3.88. The molecule has 3 rings (SSSR count). The third-order valence-corrected chi connectivity index (χ3v) is 4.27. The summed E-state index contributed by atoms with van der Waals surface area (Å²) >= 11 is 0. The van der Waals surface area contributed by atoms with Crippen LogP contribution in [0.2, 0.25) is 0 Å². The molecule has 132 valence electrons. The highest BCUT2D eigenvalue weighted by Crippen LogP contribution is 2.21. The number of carbonyl (C=O) groups is 1. The van der Waals surface area contributed by atoms with E-state index in [1.54, 1.807) is 6.20 Å². The number of anilines is 1. The second kappa shape index (κ2) is 7.13. The van der Waals surface area contributed by atoms with Crippen LogP contribution in [0.5, 0.6) is 0 Å². The minimum absolute atomic E-state index is 0.0303. The van der Waals surface area contributed by atoms with Gasteiger partial charge in [0.05, 0.1) is 6.42 Å². The van der Waals surface area contributed by atoms with E-state index in [0.29, 0.717) is 12.4 Å². The largest absolute Gasteiger partial charge is 0.353 e. The van der Waals surface area contributed by atoms with Gasteiger partial charge in [0, 0.05) is 38.1 Å². The van der Waals surface area contributed by atoms with Gasteiger partial charge in [0.25, 0.3) is 0 Å². The number of hydrogen-bond acceptors (Lipinski definition) is 4. The smallest absolute Gasteiger partial charge is 0.224 e. The van der Waals surface area contributed by atoms with E-state index in [0.717, 1.165) is 36.2 Å². The van der Waals surface area contributed by atoms with E-state index < -0.39 is 11.6 Å². The fourth-order valence-corrected chi connectivity index (χ4v) is 2.95. The van der Waals surface area contributed by atoms with Crippen molar-refractivity contribution in [2.24, 2.45) is 0 Å². The zero-order valence-electron chi connectivity index (χ0n) is 14.2. The van der Waals surface area contributed by atoms with Gasteiger partial charge in [0.15, 0.2) is 0 Å². The standard InChI is InChI=1S/C18H20F2N4O/c1-24(2)18-21-10-12-7-14(5-6-16(12)23-18)22-17(25)8-11-3-4-13(19)9-15(11)20/h3-4,9-10,14H,5-8H2,1-2H3,(H,22,25)/t14-/m1/s1. The Morgan fingerprint density at radius 1 is 1.36 bits per heavy atom. The molecule has 7 heteroatoms. The van der Waals surface area contributed by atoms with Gasteiger partial charge in [-0.3, -0.25) is 4.79 Å². The van der Waals surface area contributed by atoms with Crippen molar-refractivity contribution < 1.29 is 13.6 Å². The van der Waals surface area contributed by atoms with Gasteiger partial charge >= 0.3 is 0 Å². The van der Waals surface area contributed by atoms with Crippen LogP contribution >= 0.6 is 0 Å². The van der Waals surface area contributed by atoms with Crippen molar-refractivity contribution in [1.82, 2.24) is 15.3 Å². The van der Waals surface area contributed by atoms with Crippen LogP contribution in [0.3, 0.4) is 0 Å². The molecule has 1 N–H and O–H groups in total. The van der Waals surface area contributed by atoms with Gasteiger partial charge in [-0.15, -0.1) is 0 Å². The molecule has 0 saturated heterocycles. The van der Waals surface area contributed by atoms with Crippen molar-refractivity contribution in [3.63, 3.8) is 0 Å². The summed E-state index contributed by atoms with van der Waals surface area (Å²) in [5, 5.41) is 2.92. The normalized spacial score (nSPS) is 16.2. The summed E-state index contributed by atoms with van der Waals surface area (Å²) in [7, 11) is 3.78. The molecule has 1 aromatic carbocycles. The first-order valence-electron chi connectivity index (χ1n) is 8.18. The topological polar surface area (TPSA) is 58.1 Å². The Morgan fingerprint density at radius 2 is 2.16 bits per heavy atom. The Labute approximate surface area is 145 Å². The third-order valence-electron chi connectivity index (χ3n) is 4.27. The zero-order chi connectivity index (χ0) is 18.0. The second-order valence-electron chi connectivity index (χ2n) is 6.46. The summed E-state index contributed by atoms with van der Waals surface area (Å²) in [6.45, 7) is 0. The first kappa shape index (κ1) is 17.3. The highest BCUT2D eigenvalue weighted by Gasteiger charge is 2.22. The van der Waals surface area contributed by atoms with E-state index in [2.05, 4.69) is 15.3 Å². The molecule has 1 aliphatic carbocycles. The molecule has 0 bridgehead atoms. The number of aryl methyl sites for hydroxylation is 1. The van der Waals surface area contributed by atoms with Crippen molar-refractivity contribution in [2.75, 3.05) is 19.0 Å². The minimum Gasteiger partial charge on any atom is -0.353 e. The molecule has 25 heavy (non-hydrogen) atoms. The number of benzene rings is 1. The maximum absolute atomic E-state index is 13.6. The lowest BCUT2D eigenvalue weighted by atomic mass is 9.92. The van der Waals surface area contributed by atoms with Crippen molar-refractivity contribution in [3.05, 3.63) is 52.9 Å². The molecule has 0 unspecified atom stereocenters. The van der Waals surface area contributed by atoms with Gasteiger partial charge < -0.3 is 10.2 Å². The summed E-state index contributed by atoms with van der Waals surface area (Å²) < 4.78 is 26.6. The number of halogens is 2. The predicted octanol–water partition coefficient (Wildman–Crippen LogP) is 2.04. The van der Waals surface area contributed by atoms with Crippen LogP contribution in [-0.4, -0.2) is 36.0 Å². The summed E-state index contributed by atoms with van der Waals surface area (Å²) in [5.41, 5.74) is 2.22. The van der Waals surface area contributed by atoms with Gasteiger partial charge in [0.1, 0.15) is 11.6 Å². The van der Waals surface area contributed by atoms with Crippen molar-refractivity contribution in [1.29, 1.82) is 0 Å². The molecule has 0 aliphatic heterocycles. The van der Waals surface area contributed by atoms with Gasteiger partial charge in [-0.25, -0.2) is 18.7 Å². The number of fused-ring (bicyclic) bond motifs is 1. The van der Waals surface area contributed by atoms with E-state index >= 15 is 0 Å². The number of aromatic nitrogens is 2. The molecule has 2 aromatic rings. The van der Waals surface area contributed by atoms with E-state index in [-0.39, 0.29) is 23.9 Å². The number of carbonyl (C=O) groups excluding carboxylic acids is 1. The second-order valence-corrected chi connectivity index (χ2v) is 6.46. The summed E-state index contributed by atoms with van der Waals surface area (Å²) in [6, 6.07) is 3.22. The molecule has 0 radical (unpaired) electrons. The number of hydrogen-bond donors (Lipinski definition) is 1. The van der Waals surface area contributed by atoms with Crippen molar-refractivity contribution in [3.8, 4) is 0 Å². The monoisotopic (exact) mass is 346 g/mol. The van der Waals surface area contributed by atoms with Crippen LogP contribution in [0.1, 0.15) is 23.2 Å². The maximum Gasteiger partial charge on any atom is 0.224 e. The predicted molar refractivity (Wildman–Crippen MR) is 90.4 cm³/mol. The molecular weight excluding hydrogens is 326 g/mol. The lowest BCUT2D eigenvalue weighted by Gasteiger charge is -2.25. The number of nitrogens with one attached hydrogen (secondary N) is 1. The Morgan fingerprint density at radius 3 is 2.88 bits per heavy atom. The molecule has 1 amide bonds. The van der Waals surface area contributed by atoms with E-state index in [4.69, 9.17) is 0 Å². The Kier molecular flexibility index (Phi) is 4.92. The molecule has 0 fully saturated rings. The molecule has 1 aromatic heterocycles. The van der Waals surface area contributed by atoms with Crippen LogP contribution in [0, 0.1) is 11.6 Å². The first-order valence-corrected chi connectivity index (χ1v) is 8.18. The number of rotatable bonds is 4. The SMILES string of the molecule is CN(C)c1ncc2c(n1)CC[C@@H](NC(=O)Cc1ccc(F)cc1F)C2. The first-order chi connectivity index (χ1) is 11.9. The molecule has 1 atom stereocenters. The lowest BCUT2D eigenvalue weighted by Crippen LogP contribution is -2.40. The highest BCUT2D eigenvalue weighted by atomic mass is 19.1. The van der Waals surface area contributed by atoms with Gasteiger partial charge in [0.2, 0.25) is 11.9 Å². The minimum atomic E-state index is -0.700. The van der Waals surface area contributed by atoms with Crippen molar-refractivity contribution in [2.45, 2.75) is 31.7 Å². The van der Waals surface area contributed by atoms with Gasteiger partial charge in [-0.2, -0.15) is 0 Å². The average Bonchev–Trinajstić information content (AvgIpc) is 2.57. The molecule has 0 saturated carbocycles. The van der Waals surface area contributed by atoms with Crippen molar-refractivity contribution >= 4 is 11.9 Å². The van der Waals surface area contributed by atoms with E-state index in [1.165, 1.54) is 6.07 Å². The van der Waals surface area contributed by atoms with Crippen LogP contribution in [0.4, 0.5) is 14.7 Å². The number of nitrogens with zero attached hydrogens (tertiary/aromatic N) is 3. The van der Waals surface area contributed by atoms with Crippen LogP contribution in [0.15, 0.2) is 24.4 Å². The molecule has 1 aliphatic rings. The quantitative estimate of drug-likeness (QED) is 0.920. The Bertz CT molecular complexity index is 795. The zero-order valence-corrected chi connectivity index (χ0v) is 14.2. The molecule has 5 nitrogen and oxygen atoms in total. The van der Waals surface area contributed by atoms with Gasteiger partial charge in [-0.05, 0) is 36.5 Å². The third kappa shape index (κ3) is 4.10. The Hall–Kier alpha value is -2.57. The summed E-state index contributed by atoms with van der Waals surface area (Å²) in [5.74, 6) is -0.950. The Balaban J connectivity index is 1.61. The summed E-state index contributed by atoms with van der Waals surface area (Å²) in [4.78, 5) is 22.9. The van der Waals surface area contributed by atoms with E-state index in [9.17, 15) is 13.6 Å². The molecular formula is C18H20F2N4O. The fraction of sp³-hybridized carbons (Fsp3) is 0.389.